The molecule has 4 N–H and O–H groups in total. The highest BCUT2D eigenvalue weighted by atomic mass is 32.1. The van der Waals surface area contributed by atoms with Crippen LogP contribution in [0.1, 0.15) is 28.8 Å². The lowest BCUT2D eigenvalue weighted by Gasteiger charge is -2.11. The van der Waals surface area contributed by atoms with Gasteiger partial charge < -0.3 is 20.9 Å². The second-order valence-corrected chi connectivity index (χ2v) is 7.40. The molecule has 0 bridgehead atoms. The van der Waals surface area contributed by atoms with Gasteiger partial charge in [-0.15, -0.1) is 11.3 Å². The molecule has 0 saturated carbocycles. The van der Waals surface area contributed by atoms with Crippen LogP contribution in [0.3, 0.4) is 0 Å². The van der Waals surface area contributed by atoms with Crippen LogP contribution in [0.5, 0.6) is 5.88 Å². The smallest absolute Gasteiger partial charge is 0.251 e. The number of hydrogen-bond acceptors (Lipinski definition) is 6. The number of methoxy groups -OCH3 is 1. The van der Waals surface area contributed by atoms with Crippen LogP contribution in [0.15, 0.2) is 36.4 Å². The minimum absolute atomic E-state index is 0.0845. The molecule has 0 aliphatic carbocycles. The number of nitrogens with one attached hydrogen (secondary N) is 1. The van der Waals surface area contributed by atoms with Gasteiger partial charge in [0, 0.05) is 23.5 Å². The third kappa shape index (κ3) is 4.36. The standard InChI is InChI=1S/C20H19F2N3O3S/c1-10(9-26)11-6-13(21)18(14(22)7-11)15-8-12(19(23)27)20(29-15)25-16-4-3-5-17(24-16)28-2/h3-8,10,26H,9H2,1-2H3,(H2,23,27)(H,24,25). The summed E-state index contributed by atoms with van der Waals surface area (Å²) in [6.45, 7) is 1.43. The first-order valence-corrected chi connectivity index (χ1v) is 9.47. The molecule has 1 unspecified atom stereocenters. The number of aliphatic hydroxyl groups excluding tert-OH is 1. The van der Waals surface area contributed by atoms with Gasteiger partial charge in [0.2, 0.25) is 5.88 Å². The number of primary amides is 1. The molecule has 9 heteroatoms. The van der Waals surface area contributed by atoms with Gasteiger partial charge in [0.25, 0.3) is 5.91 Å². The zero-order valence-corrected chi connectivity index (χ0v) is 16.5. The summed E-state index contributed by atoms with van der Waals surface area (Å²) in [6.07, 6.45) is 0. The van der Waals surface area contributed by atoms with Crippen molar-refractivity contribution in [1.29, 1.82) is 0 Å². The molecule has 0 spiro atoms. The number of hydrogen-bond donors (Lipinski definition) is 3. The average molecular weight is 419 g/mol. The highest BCUT2D eigenvalue weighted by molar-refractivity contribution is 7.20. The fraction of sp³-hybridized carbons (Fsp3) is 0.200. The van der Waals surface area contributed by atoms with Gasteiger partial charge in [-0.1, -0.05) is 13.0 Å². The molecule has 3 rings (SSSR count). The van der Waals surface area contributed by atoms with Crippen LogP contribution in [0, 0.1) is 11.6 Å². The summed E-state index contributed by atoms with van der Waals surface area (Å²) in [4.78, 5) is 16.3. The molecule has 1 atom stereocenters. The average Bonchev–Trinajstić information content (AvgIpc) is 3.10. The van der Waals surface area contributed by atoms with Gasteiger partial charge in [-0.05, 0) is 29.8 Å². The Morgan fingerprint density at radius 2 is 2.00 bits per heavy atom. The van der Waals surface area contributed by atoms with E-state index in [9.17, 15) is 18.7 Å². The third-order valence-corrected chi connectivity index (χ3v) is 5.39. The van der Waals surface area contributed by atoms with E-state index in [1.54, 1.807) is 25.1 Å². The number of nitrogens with zero attached hydrogens (tertiary/aromatic N) is 1. The molecule has 2 heterocycles. The van der Waals surface area contributed by atoms with Crippen molar-refractivity contribution in [3.8, 4) is 16.3 Å². The Bertz CT molecular complexity index is 1030. The molecule has 1 aromatic carbocycles. The first kappa shape index (κ1) is 20.7. The van der Waals surface area contributed by atoms with E-state index in [0.717, 1.165) is 11.3 Å². The number of amides is 1. The molecule has 152 valence electrons. The minimum Gasteiger partial charge on any atom is -0.481 e. The van der Waals surface area contributed by atoms with Crippen LogP contribution in [0.2, 0.25) is 0 Å². The normalized spacial score (nSPS) is 11.9. The molecule has 3 aromatic rings. The maximum absolute atomic E-state index is 14.7. The van der Waals surface area contributed by atoms with Crippen LogP contribution < -0.4 is 15.8 Å². The molecular weight excluding hydrogens is 400 g/mol. The number of ether oxygens (including phenoxy) is 1. The van der Waals surface area contributed by atoms with Gasteiger partial charge in [0.05, 0.1) is 18.2 Å². The third-order valence-electron chi connectivity index (χ3n) is 4.33. The van der Waals surface area contributed by atoms with Crippen LogP contribution in [-0.2, 0) is 0 Å². The zero-order valence-electron chi connectivity index (χ0n) is 15.7. The first-order chi connectivity index (χ1) is 13.8. The number of halogens is 2. The van der Waals surface area contributed by atoms with Crippen molar-refractivity contribution in [1.82, 2.24) is 4.98 Å². The van der Waals surface area contributed by atoms with Gasteiger partial charge in [0.1, 0.15) is 22.5 Å². The topological polar surface area (TPSA) is 97.5 Å². The highest BCUT2D eigenvalue weighted by Crippen LogP contribution is 2.39. The Morgan fingerprint density at radius 1 is 1.31 bits per heavy atom. The Hall–Kier alpha value is -3.04. The molecule has 0 radical (unpaired) electrons. The number of nitrogens with two attached hydrogens (primary N) is 1. The lowest BCUT2D eigenvalue weighted by Crippen LogP contribution is -2.11. The van der Waals surface area contributed by atoms with Crippen molar-refractivity contribution in [2.75, 3.05) is 19.0 Å². The highest BCUT2D eigenvalue weighted by Gasteiger charge is 2.21. The molecular formula is C20H19F2N3O3S. The lowest BCUT2D eigenvalue weighted by atomic mass is 9.99. The number of aliphatic hydroxyl groups is 1. The molecule has 0 saturated heterocycles. The fourth-order valence-corrected chi connectivity index (χ4v) is 3.84. The van der Waals surface area contributed by atoms with Crippen LogP contribution >= 0.6 is 11.3 Å². The van der Waals surface area contributed by atoms with Gasteiger partial charge in [-0.3, -0.25) is 4.79 Å². The number of benzene rings is 1. The van der Waals surface area contributed by atoms with E-state index in [2.05, 4.69) is 10.3 Å². The summed E-state index contributed by atoms with van der Waals surface area (Å²) in [7, 11) is 1.47. The number of rotatable bonds is 7. The predicted molar refractivity (Wildman–Crippen MR) is 108 cm³/mol. The summed E-state index contributed by atoms with van der Waals surface area (Å²) in [5.74, 6) is -1.99. The van der Waals surface area contributed by atoms with Gasteiger partial charge in [0.15, 0.2) is 0 Å². The first-order valence-electron chi connectivity index (χ1n) is 8.66. The Kier molecular flexibility index (Phi) is 6.09. The van der Waals surface area contributed by atoms with E-state index in [1.807, 2.05) is 0 Å². The van der Waals surface area contributed by atoms with E-state index in [4.69, 9.17) is 10.5 Å². The summed E-state index contributed by atoms with van der Waals surface area (Å²) in [6, 6.07) is 8.71. The lowest BCUT2D eigenvalue weighted by molar-refractivity contribution is 0.100. The Morgan fingerprint density at radius 3 is 2.59 bits per heavy atom. The summed E-state index contributed by atoms with van der Waals surface area (Å²) in [5, 5.41) is 12.5. The molecule has 0 aliphatic heterocycles. The van der Waals surface area contributed by atoms with Gasteiger partial charge in [-0.25, -0.2) is 8.78 Å². The van der Waals surface area contributed by atoms with Crippen molar-refractivity contribution in [3.05, 3.63) is 59.2 Å². The number of pyridine rings is 1. The largest absolute Gasteiger partial charge is 0.481 e. The molecule has 29 heavy (non-hydrogen) atoms. The molecule has 0 fully saturated rings. The number of carbonyl (C=O) groups excluding carboxylic acids is 1. The maximum atomic E-state index is 14.7. The Balaban J connectivity index is 2.04. The molecule has 6 nitrogen and oxygen atoms in total. The summed E-state index contributed by atoms with van der Waals surface area (Å²) >= 11 is 0.975. The maximum Gasteiger partial charge on any atom is 0.251 e. The second kappa shape index (κ2) is 8.54. The Labute approximate surface area is 170 Å². The van der Waals surface area contributed by atoms with Crippen LogP contribution in [0.4, 0.5) is 19.6 Å². The van der Waals surface area contributed by atoms with E-state index >= 15 is 0 Å². The van der Waals surface area contributed by atoms with Crippen molar-refractivity contribution < 1.29 is 23.4 Å². The fourth-order valence-electron chi connectivity index (χ4n) is 2.72. The van der Waals surface area contributed by atoms with Crippen LogP contribution in [-0.4, -0.2) is 29.7 Å². The van der Waals surface area contributed by atoms with Crippen molar-refractivity contribution in [2.24, 2.45) is 5.73 Å². The summed E-state index contributed by atoms with van der Waals surface area (Å²) < 4.78 is 34.4. The number of anilines is 2. The van der Waals surface area contributed by atoms with E-state index in [0.29, 0.717) is 22.3 Å². The van der Waals surface area contributed by atoms with Crippen LogP contribution in [0.25, 0.3) is 10.4 Å². The monoisotopic (exact) mass is 419 g/mol. The van der Waals surface area contributed by atoms with Crippen molar-refractivity contribution in [3.63, 3.8) is 0 Å². The van der Waals surface area contributed by atoms with E-state index in [-0.39, 0.29) is 22.6 Å². The molecule has 0 aliphatic rings. The number of thiophene rings is 1. The second-order valence-electron chi connectivity index (χ2n) is 6.35. The molecule has 2 aromatic heterocycles. The van der Waals surface area contributed by atoms with E-state index in [1.165, 1.54) is 25.3 Å². The minimum atomic E-state index is -0.788. The molecule has 1 amide bonds. The predicted octanol–water partition coefficient (Wildman–Crippen LogP) is 4.04. The quantitative estimate of drug-likeness (QED) is 0.537. The zero-order chi connectivity index (χ0) is 21.1. The van der Waals surface area contributed by atoms with Crippen molar-refractivity contribution >= 4 is 28.1 Å². The number of aromatic nitrogens is 1. The van der Waals surface area contributed by atoms with Gasteiger partial charge in [-0.2, -0.15) is 4.98 Å². The van der Waals surface area contributed by atoms with E-state index < -0.39 is 23.5 Å². The van der Waals surface area contributed by atoms with Crippen molar-refractivity contribution in [2.45, 2.75) is 12.8 Å². The van der Waals surface area contributed by atoms with Gasteiger partial charge >= 0.3 is 0 Å². The SMILES string of the molecule is COc1cccc(Nc2sc(-c3c(F)cc(C(C)CO)cc3F)cc2C(N)=O)n1. The number of carbonyl (C=O) groups is 1. The summed E-state index contributed by atoms with van der Waals surface area (Å²) in [5.41, 5.74) is 5.60.